The third-order valence-corrected chi connectivity index (χ3v) is 4.51. The van der Waals surface area contributed by atoms with Gasteiger partial charge in [-0.15, -0.1) is 0 Å². The highest BCUT2D eigenvalue weighted by Crippen LogP contribution is 2.32. The van der Waals surface area contributed by atoms with Crippen LogP contribution >= 0.6 is 0 Å². The van der Waals surface area contributed by atoms with E-state index in [2.05, 4.69) is 10.5 Å². The summed E-state index contributed by atoms with van der Waals surface area (Å²) in [6.07, 6.45) is 0. The maximum Gasteiger partial charge on any atom is 0.269 e. The Hall–Kier alpha value is -3.88. The molecule has 1 fully saturated rings. The quantitative estimate of drug-likeness (QED) is 0.378. The first-order valence-electron chi connectivity index (χ1n) is 8.04. The fraction of sp³-hybridized carbons (Fsp3) is 0.111. The lowest BCUT2D eigenvalue weighted by Gasteiger charge is -2.15. The minimum absolute atomic E-state index is 0.0195. The summed E-state index contributed by atoms with van der Waals surface area (Å²) in [7, 11) is 0. The van der Waals surface area contributed by atoms with Crippen molar-refractivity contribution in [1.29, 1.82) is 0 Å². The Morgan fingerprint density at radius 3 is 2.33 bits per heavy atom. The molecule has 2 aliphatic rings. The van der Waals surface area contributed by atoms with Crippen LogP contribution in [0.1, 0.15) is 10.4 Å². The summed E-state index contributed by atoms with van der Waals surface area (Å²) in [5.74, 6) is -2.60. The molecule has 0 unspecified atom stereocenters. The van der Waals surface area contributed by atoms with Gasteiger partial charge in [0.05, 0.1) is 10.6 Å². The molecular formula is C18H12N4O5. The second-order valence-electron chi connectivity index (χ2n) is 6.06. The summed E-state index contributed by atoms with van der Waals surface area (Å²) in [5.41, 5.74) is 2.98. The van der Waals surface area contributed by atoms with Crippen LogP contribution in [0, 0.1) is 16.0 Å². The van der Waals surface area contributed by atoms with E-state index in [-0.39, 0.29) is 17.1 Å². The van der Waals surface area contributed by atoms with Crippen LogP contribution in [0.25, 0.3) is 0 Å². The van der Waals surface area contributed by atoms with Crippen molar-refractivity contribution in [1.82, 2.24) is 5.43 Å². The number of carbonyl (C=O) groups excluding carboxylic acids is 3. The summed E-state index contributed by atoms with van der Waals surface area (Å²) in [6, 6.07) is 12.5. The van der Waals surface area contributed by atoms with E-state index in [1.165, 1.54) is 24.3 Å². The molecule has 9 heteroatoms. The molecule has 0 saturated carbocycles. The fourth-order valence-corrected chi connectivity index (χ4v) is 3.19. The molecule has 0 bridgehead atoms. The normalized spacial score (nSPS) is 20.9. The molecule has 1 N–H and O–H groups in total. The molecule has 27 heavy (non-hydrogen) atoms. The smallest absolute Gasteiger partial charge is 0.269 e. The highest BCUT2D eigenvalue weighted by molar-refractivity contribution is 6.52. The number of nitro groups is 1. The molecule has 0 radical (unpaired) electrons. The van der Waals surface area contributed by atoms with Crippen molar-refractivity contribution < 1.29 is 19.3 Å². The van der Waals surface area contributed by atoms with Crippen LogP contribution in [0.5, 0.6) is 0 Å². The van der Waals surface area contributed by atoms with Crippen molar-refractivity contribution in [3.8, 4) is 0 Å². The Labute approximate surface area is 152 Å². The number of ketones is 1. The number of anilines is 1. The van der Waals surface area contributed by atoms with Crippen molar-refractivity contribution in [3.05, 3.63) is 70.3 Å². The van der Waals surface area contributed by atoms with Crippen LogP contribution in [0.15, 0.2) is 59.7 Å². The van der Waals surface area contributed by atoms with Gasteiger partial charge in [0.2, 0.25) is 11.7 Å². The van der Waals surface area contributed by atoms with Crippen LogP contribution in [0.4, 0.5) is 11.4 Å². The Bertz CT molecular complexity index is 1000. The van der Waals surface area contributed by atoms with E-state index in [0.29, 0.717) is 5.56 Å². The number of rotatable bonds is 4. The van der Waals surface area contributed by atoms with Crippen LogP contribution in [-0.4, -0.2) is 34.3 Å². The number of hydrazone groups is 1. The van der Waals surface area contributed by atoms with Crippen LogP contribution in [0.3, 0.4) is 0 Å². The Morgan fingerprint density at radius 1 is 1.04 bits per heavy atom. The number of hydrogen-bond donors (Lipinski definition) is 1. The van der Waals surface area contributed by atoms with E-state index in [9.17, 15) is 24.5 Å². The molecule has 134 valence electrons. The summed E-state index contributed by atoms with van der Waals surface area (Å²) in [4.78, 5) is 49.3. The molecule has 9 nitrogen and oxygen atoms in total. The predicted molar refractivity (Wildman–Crippen MR) is 94.2 cm³/mol. The predicted octanol–water partition coefficient (Wildman–Crippen LogP) is 1.29. The number of hydrogen-bond acceptors (Lipinski definition) is 7. The lowest BCUT2D eigenvalue weighted by Crippen LogP contribution is -2.36. The van der Waals surface area contributed by atoms with E-state index in [0.717, 1.165) is 4.90 Å². The van der Waals surface area contributed by atoms with Gasteiger partial charge in [-0.05, 0) is 12.1 Å². The molecule has 2 aromatic rings. The first-order chi connectivity index (χ1) is 13.0. The van der Waals surface area contributed by atoms with Crippen LogP contribution in [-0.2, 0) is 9.59 Å². The minimum atomic E-state index is -1.03. The van der Waals surface area contributed by atoms with Crippen molar-refractivity contribution >= 4 is 34.7 Å². The SMILES string of the molecule is O=C(C1=NN[C@H]2C(=O)N(c3ccc([N+](=O)[O-])cc3)C(=O)[C@H]12)c1ccccc1. The number of amides is 2. The van der Waals surface area contributed by atoms with Gasteiger partial charge in [0.1, 0.15) is 17.7 Å². The van der Waals surface area contributed by atoms with Crippen molar-refractivity contribution in [2.24, 2.45) is 11.0 Å². The van der Waals surface area contributed by atoms with Gasteiger partial charge in [-0.25, -0.2) is 4.90 Å². The van der Waals surface area contributed by atoms with Gasteiger partial charge in [0.15, 0.2) is 0 Å². The van der Waals surface area contributed by atoms with Gasteiger partial charge in [-0.2, -0.15) is 5.10 Å². The van der Waals surface area contributed by atoms with Gasteiger partial charge in [-0.3, -0.25) is 29.9 Å². The molecule has 2 aliphatic heterocycles. The number of fused-ring (bicyclic) bond motifs is 1. The molecule has 1 saturated heterocycles. The third kappa shape index (κ3) is 2.56. The largest absolute Gasteiger partial charge is 0.296 e. The molecule has 2 atom stereocenters. The Kier molecular flexibility index (Phi) is 3.76. The maximum atomic E-state index is 12.9. The molecule has 2 amide bonds. The second kappa shape index (κ2) is 6.13. The molecule has 2 heterocycles. The van der Waals surface area contributed by atoms with Crippen molar-refractivity contribution in [2.75, 3.05) is 4.90 Å². The molecule has 0 aromatic heterocycles. The average molecular weight is 364 g/mol. The number of imide groups is 1. The lowest BCUT2D eigenvalue weighted by atomic mass is 9.93. The number of carbonyl (C=O) groups is 3. The van der Waals surface area contributed by atoms with Crippen molar-refractivity contribution in [2.45, 2.75) is 6.04 Å². The topological polar surface area (TPSA) is 122 Å². The monoisotopic (exact) mass is 364 g/mol. The molecule has 4 rings (SSSR count). The average Bonchev–Trinajstić information content (AvgIpc) is 3.22. The van der Waals surface area contributed by atoms with E-state index in [1.54, 1.807) is 30.3 Å². The fourth-order valence-electron chi connectivity index (χ4n) is 3.19. The maximum absolute atomic E-state index is 12.9. The number of benzene rings is 2. The first kappa shape index (κ1) is 16.6. The molecule has 0 spiro atoms. The van der Waals surface area contributed by atoms with Crippen molar-refractivity contribution in [3.63, 3.8) is 0 Å². The summed E-state index contributed by atoms with van der Waals surface area (Å²) < 4.78 is 0. The Balaban J connectivity index is 1.64. The molecule has 2 aromatic carbocycles. The minimum Gasteiger partial charge on any atom is -0.296 e. The van der Waals surface area contributed by atoms with Crippen LogP contribution in [0.2, 0.25) is 0 Å². The zero-order valence-corrected chi connectivity index (χ0v) is 13.7. The van der Waals surface area contributed by atoms with Gasteiger partial charge >= 0.3 is 0 Å². The number of non-ortho nitro benzene ring substituents is 1. The summed E-state index contributed by atoms with van der Waals surface area (Å²) in [6.45, 7) is 0. The highest BCUT2D eigenvalue weighted by Gasteiger charge is 2.55. The standard InChI is InChI=1S/C18H12N4O5/c23-16(10-4-2-1-3-5-10)14-13-15(20-19-14)18(25)21(17(13)24)11-6-8-12(9-7-11)22(26)27/h1-9,13,15,20H/t13-,15-/m1/s1. The Morgan fingerprint density at radius 2 is 1.70 bits per heavy atom. The second-order valence-corrected chi connectivity index (χ2v) is 6.06. The van der Waals surface area contributed by atoms with Gasteiger partial charge in [0.25, 0.3) is 11.6 Å². The van der Waals surface area contributed by atoms with E-state index in [4.69, 9.17) is 0 Å². The van der Waals surface area contributed by atoms with E-state index < -0.39 is 34.5 Å². The van der Waals surface area contributed by atoms with E-state index >= 15 is 0 Å². The number of nitrogens with one attached hydrogen (secondary N) is 1. The zero-order valence-electron chi connectivity index (χ0n) is 13.7. The molecule has 0 aliphatic carbocycles. The first-order valence-corrected chi connectivity index (χ1v) is 8.04. The van der Waals surface area contributed by atoms with E-state index in [1.807, 2.05) is 0 Å². The summed E-state index contributed by atoms with van der Waals surface area (Å²) >= 11 is 0. The number of nitro benzene ring substituents is 1. The lowest BCUT2D eigenvalue weighted by molar-refractivity contribution is -0.384. The van der Waals surface area contributed by atoms with Gasteiger partial charge in [-0.1, -0.05) is 30.3 Å². The highest BCUT2D eigenvalue weighted by atomic mass is 16.6. The number of nitrogens with zero attached hydrogens (tertiary/aromatic N) is 3. The zero-order chi connectivity index (χ0) is 19.1. The van der Waals surface area contributed by atoms with Gasteiger partial charge < -0.3 is 0 Å². The van der Waals surface area contributed by atoms with Gasteiger partial charge in [0, 0.05) is 17.7 Å². The molecular weight excluding hydrogens is 352 g/mol. The summed E-state index contributed by atoms with van der Waals surface area (Å²) in [5, 5.41) is 14.7. The number of Topliss-reactive ketones (excluding diaryl/α,β-unsaturated/α-hetero) is 1. The third-order valence-electron chi connectivity index (χ3n) is 4.51. The van der Waals surface area contributed by atoms with Crippen LogP contribution < -0.4 is 10.3 Å².